The van der Waals surface area contributed by atoms with Gasteiger partial charge in [-0.1, -0.05) is 23.7 Å². The number of anilines is 1. The Balaban J connectivity index is 1.85. The zero-order chi connectivity index (χ0) is 18.1. The monoisotopic (exact) mass is 362 g/mol. The quantitative estimate of drug-likeness (QED) is 0.719. The van der Waals surface area contributed by atoms with Gasteiger partial charge in [0.15, 0.2) is 0 Å². The van der Waals surface area contributed by atoms with Crippen molar-refractivity contribution in [3.05, 3.63) is 59.1 Å². The van der Waals surface area contributed by atoms with Crippen LogP contribution in [-0.2, 0) is 11.3 Å². The van der Waals surface area contributed by atoms with E-state index in [0.717, 1.165) is 17.0 Å². The van der Waals surface area contributed by atoms with E-state index in [0.29, 0.717) is 31.1 Å². The highest BCUT2D eigenvalue weighted by atomic mass is 35.5. The summed E-state index contributed by atoms with van der Waals surface area (Å²) < 4.78 is 5.09. The second kappa shape index (κ2) is 10.0. The first-order valence-corrected chi connectivity index (χ1v) is 8.50. The Labute approximate surface area is 153 Å². The van der Waals surface area contributed by atoms with Crippen LogP contribution in [0, 0.1) is 0 Å². The average molecular weight is 363 g/mol. The number of benzene rings is 2. The number of carbonyl (C=O) groups is 1. The number of nitrogens with zero attached hydrogens (tertiary/aromatic N) is 1. The van der Waals surface area contributed by atoms with Crippen LogP contribution in [0.5, 0.6) is 5.75 Å². The Kier molecular flexibility index (Phi) is 7.73. The number of hydrogen-bond donors (Lipinski definition) is 2. The van der Waals surface area contributed by atoms with Gasteiger partial charge in [-0.05, 0) is 42.0 Å². The summed E-state index contributed by atoms with van der Waals surface area (Å²) in [5.41, 5.74) is 1.78. The van der Waals surface area contributed by atoms with Crippen LogP contribution in [-0.4, -0.2) is 42.7 Å². The van der Waals surface area contributed by atoms with Crippen LogP contribution in [0.1, 0.15) is 12.0 Å². The maximum Gasteiger partial charge on any atom is 0.225 e. The molecule has 0 aliphatic heterocycles. The standard InChI is InChI=1S/C19H23ClN2O3/c1-25-18-7-5-17(6-8-18)21-19(24)9-10-22(11-12-23)14-15-3-2-4-16(20)13-15/h2-8,13,23H,9-12,14H2,1H3,(H,21,24). The van der Waals surface area contributed by atoms with E-state index in [1.165, 1.54) is 0 Å². The number of aliphatic hydroxyl groups excluding tert-OH is 1. The van der Waals surface area contributed by atoms with Crippen LogP contribution in [0.2, 0.25) is 5.02 Å². The SMILES string of the molecule is COc1ccc(NC(=O)CCN(CCO)Cc2cccc(Cl)c2)cc1. The molecular weight excluding hydrogens is 340 g/mol. The number of hydrogen-bond acceptors (Lipinski definition) is 4. The van der Waals surface area contributed by atoms with Gasteiger partial charge in [0.2, 0.25) is 5.91 Å². The molecule has 2 rings (SSSR count). The molecule has 1 amide bonds. The Hall–Kier alpha value is -2.08. The molecular formula is C19H23ClN2O3. The van der Waals surface area contributed by atoms with Crippen molar-refractivity contribution < 1.29 is 14.6 Å². The van der Waals surface area contributed by atoms with E-state index in [-0.39, 0.29) is 12.5 Å². The van der Waals surface area contributed by atoms with Gasteiger partial charge in [0.1, 0.15) is 5.75 Å². The lowest BCUT2D eigenvalue weighted by atomic mass is 10.2. The third-order valence-electron chi connectivity index (χ3n) is 3.74. The molecule has 0 saturated carbocycles. The summed E-state index contributed by atoms with van der Waals surface area (Å²) in [4.78, 5) is 14.2. The zero-order valence-corrected chi connectivity index (χ0v) is 15.0. The van der Waals surface area contributed by atoms with Gasteiger partial charge in [0, 0.05) is 36.8 Å². The largest absolute Gasteiger partial charge is 0.497 e. The van der Waals surface area contributed by atoms with Crippen LogP contribution in [0.25, 0.3) is 0 Å². The van der Waals surface area contributed by atoms with Crippen molar-refractivity contribution in [2.45, 2.75) is 13.0 Å². The lowest BCUT2D eigenvalue weighted by Crippen LogP contribution is -2.30. The molecule has 0 bridgehead atoms. The summed E-state index contributed by atoms with van der Waals surface area (Å²) in [6, 6.07) is 14.8. The van der Waals surface area contributed by atoms with Crippen molar-refractivity contribution in [1.29, 1.82) is 0 Å². The van der Waals surface area contributed by atoms with Crippen LogP contribution in [0.4, 0.5) is 5.69 Å². The molecule has 5 nitrogen and oxygen atoms in total. The number of rotatable bonds is 9. The Bertz CT molecular complexity index is 677. The topological polar surface area (TPSA) is 61.8 Å². The summed E-state index contributed by atoms with van der Waals surface area (Å²) >= 11 is 6.00. The van der Waals surface area contributed by atoms with Crippen molar-refractivity contribution in [3.8, 4) is 5.75 Å². The molecule has 0 aromatic heterocycles. The second-order valence-corrected chi connectivity index (χ2v) is 6.09. The molecule has 2 N–H and O–H groups in total. The van der Waals surface area contributed by atoms with Crippen LogP contribution in [0.3, 0.4) is 0 Å². The van der Waals surface area contributed by atoms with E-state index in [1.54, 1.807) is 31.4 Å². The van der Waals surface area contributed by atoms with Crippen molar-refractivity contribution in [2.24, 2.45) is 0 Å². The van der Waals surface area contributed by atoms with Crippen molar-refractivity contribution in [3.63, 3.8) is 0 Å². The van der Waals surface area contributed by atoms with Crippen LogP contribution < -0.4 is 10.1 Å². The summed E-state index contributed by atoms with van der Waals surface area (Å²) in [6.45, 7) is 1.73. The third-order valence-corrected chi connectivity index (χ3v) is 3.98. The summed E-state index contributed by atoms with van der Waals surface area (Å²) in [5, 5.41) is 12.8. The fourth-order valence-electron chi connectivity index (χ4n) is 2.46. The van der Waals surface area contributed by atoms with E-state index in [9.17, 15) is 9.90 Å². The predicted octanol–water partition coefficient (Wildman–Crippen LogP) is 3.17. The third kappa shape index (κ3) is 6.74. The smallest absolute Gasteiger partial charge is 0.225 e. The second-order valence-electron chi connectivity index (χ2n) is 5.66. The normalized spacial score (nSPS) is 10.7. The van der Waals surface area contributed by atoms with E-state index in [2.05, 4.69) is 5.32 Å². The van der Waals surface area contributed by atoms with E-state index < -0.39 is 0 Å². The van der Waals surface area contributed by atoms with E-state index in [1.807, 2.05) is 29.2 Å². The van der Waals surface area contributed by atoms with Crippen molar-refractivity contribution >= 4 is 23.2 Å². The van der Waals surface area contributed by atoms with E-state index >= 15 is 0 Å². The van der Waals surface area contributed by atoms with Gasteiger partial charge in [-0.15, -0.1) is 0 Å². The molecule has 2 aromatic rings. The van der Waals surface area contributed by atoms with Gasteiger partial charge in [0.25, 0.3) is 0 Å². The molecule has 6 heteroatoms. The molecule has 0 atom stereocenters. The Morgan fingerprint density at radius 3 is 2.60 bits per heavy atom. The van der Waals surface area contributed by atoms with Gasteiger partial charge in [0.05, 0.1) is 13.7 Å². The molecule has 0 fully saturated rings. The van der Waals surface area contributed by atoms with Crippen LogP contribution >= 0.6 is 11.6 Å². The van der Waals surface area contributed by atoms with E-state index in [4.69, 9.17) is 16.3 Å². The molecule has 134 valence electrons. The summed E-state index contributed by atoms with van der Waals surface area (Å²) in [7, 11) is 1.60. The lowest BCUT2D eigenvalue weighted by Gasteiger charge is -2.21. The minimum Gasteiger partial charge on any atom is -0.497 e. The Morgan fingerprint density at radius 1 is 1.20 bits per heavy atom. The van der Waals surface area contributed by atoms with Gasteiger partial charge in [-0.3, -0.25) is 9.69 Å². The number of methoxy groups -OCH3 is 1. The maximum absolute atomic E-state index is 12.1. The van der Waals surface area contributed by atoms with Gasteiger partial charge in [-0.2, -0.15) is 0 Å². The summed E-state index contributed by atoms with van der Waals surface area (Å²) in [6.07, 6.45) is 0.340. The first-order valence-electron chi connectivity index (χ1n) is 8.12. The number of aliphatic hydroxyl groups is 1. The molecule has 0 aliphatic rings. The first kappa shape index (κ1) is 19.2. The average Bonchev–Trinajstić information content (AvgIpc) is 2.60. The number of carbonyl (C=O) groups excluding carboxylic acids is 1. The highest BCUT2D eigenvalue weighted by molar-refractivity contribution is 6.30. The molecule has 0 radical (unpaired) electrons. The van der Waals surface area contributed by atoms with Crippen molar-refractivity contribution in [1.82, 2.24) is 4.90 Å². The molecule has 0 spiro atoms. The molecule has 0 saturated heterocycles. The minimum absolute atomic E-state index is 0.0423. The van der Waals surface area contributed by atoms with Gasteiger partial charge in [-0.25, -0.2) is 0 Å². The first-order chi connectivity index (χ1) is 12.1. The number of halogens is 1. The summed E-state index contributed by atoms with van der Waals surface area (Å²) in [5.74, 6) is 0.674. The molecule has 0 aliphatic carbocycles. The Morgan fingerprint density at radius 2 is 1.96 bits per heavy atom. The highest BCUT2D eigenvalue weighted by Gasteiger charge is 2.10. The molecule has 0 unspecified atom stereocenters. The molecule has 0 heterocycles. The number of ether oxygens (including phenoxy) is 1. The lowest BCUT2D eigenvalue weighted by molar-refractivity contribution is -0.116. The van der Waals surface area contributed by atoms with Gasteiger partial charge < -0.3 is 15.2 Å². The van der Waals surface area contributed by atoms with Crippen LogP contribution in [0.15, 0.2) is 48.5 Å². The predicted molar refractivity (Wildman–Crippen MR) is 100 cm³/mol. The molecule has 25 heavy (non-hydrogen) atoms. The number of nitrogens with one attached hydrogen (secondary N) is 1. The minimum atomic E-state index is -0.0702. The zero-order valence-electron chi connectivity index (χ0n) is 14.2. The maximum atomic E-state index is 12.1. The number of amides is 1. The highest BCUT2D eigenvalue weighted by Crippen LogP contribution is 2.16. The fraction of sp³-hybridized carbons (Fsp3) is 0.316. The molecule has 2 aromatic carbocycles. The fourth-order valence-corrected chi connectivity index (χ4v) is 2.68. The van der Waals surface area contributed by atoms with Gasteiger partial charge >= 0.3 is 0 Å². The van der Waals surface area contributed by atoms with Crippen molar-refractivity contribution in [2.75, 3.05) is 32.1 Å².